The highest BCUT2D eigenvalue weighted by Crippen LogP contribution is 2.43. The lowest BCUT2D eigenvalue weighted by molar-refractivity contribution is -0.331. The van der Waals surface area contributed by atoms with E-state index in [0.29, 0.717) is 43.6 Å². The van der Waals surface area contributed by atoms with Crippen molar-refractivity contribution < 1.29 is 39.1 Å². The third-order valence-electron chi connectivity index (χ3n) is 8.35. The summed E-state index contributed by atoms with van der Waals surface area (Å²) in [6.07, 6.45) is -0.494. The van der Waals surface area contributed by atoms with Crippen LogP contribution in [-0.4, -0.2) is 58.1 Å². The first-order valence-corrected chi connectivity index (χ1v) is 13.7. The van der Waals surface area contributed by atoms with Crippen LogP contribution in [0.15, 0.2) is 36.4 Å². The molecule has 39 heavy (non-hydrogen) atoms. The SMILES string of the molecule is Cc1c(O)cc(O)c2c1C[C@H]([C@H](C)[C@@H]1C[C@H](C(C)(C)[C@H](O)CCOCc3ccccc3)OC(C)(C)O1)OC2=O. The lowest BCUT2D eigenvalue weighted by Crippen LogP contribution is -2.56. The van der Waals surface area contributed by atoms with E-state index in [9.17, 15) is 20.1 Å². The monoisotopic (exact) mass is 542 g/mol. The smallest absolute Gasteiger partial charge is 0.342 e. The Labute approximate surface area is 230 Å². The minimum Gasteiger partial charge on any atom is -0.508 e. The number of phenols is 2. The van der Waals surface area contributed by atoms with Crippen LogP contribution in [0.3, 0.4) is 0 Å². The van der Waals surface area contributed by atoms with Crippen molar-refractivity contribution in [3.05, 3.63) is 58.7 Å². The Hall–Kier alpha value is -2.65. The molecule has 0 aromatic heterocycles. The lowest BCUT2D eigenvalue weighted by atomic mass is 9.74. The number of hydrogen-bond donors (Lipinski definition) is 3. The number of aliphatic hydroxyl groups excluding tert-OH is 1. The average Bonchev–Trinajstić information content (AvgIpc) is 2.88. The summed E-state index contributed by atoms with van der Waals surface area (Å²) in [5, 5.41) is 31.6. The summed E-state index contributed by atoms with van der Waals surface area (Å²) in [7, 11) is 0. The maximum atomic E-state index is 12.8. The summed E-state index contributed by atoms with van der Waals surface area (Å²) < 4.78 is 24.2. The van der Waals surface area contributed by atoms with Crippen molar-refractivity contribution in [2.24, 2.45) is 11.3 Å². The maximum Gasteiger partial charge on any atom is 0.342 e. The number of hydrogen-bond acceptors (Lipinski definition) is 8. The van der Waals surface area contributed by atoms with Gasteiger partial charge in [0.15, 0.2) is 5.79 Å². The maximum absolute atomic E-state index is 12.8. The van der Waals surface area contributed by atoms with Crippen LogP contribution in [0.5, 0.6) is 11.5 Å². The third kappa shape index (κ3) is 6.40. The third-order valence-corrected chi connectivity index (χ3v) is 8.35. The minimum absolute atomic E-state index is 0.0562. The molecule has 0 spiro atoms. The molecule has 5 atom stereocenters. The molecule has 2 aromatic rings. The molecule has 2 aromatic carbocycles. The topological polar surface area (TPSA) is 115 Å². The van der Waals surface area contributed by atoms with Crippen LogP contribution < -0.4 is 0 Å². The molecule has 8 heteroatoms. The molecule has 2 aliphatic heterocycles. The van der Waals surface area contributed by atoms with Crippen molar-refractivity contribution >= 4 is 5.97 Å². The Kier molecular flexibility index (Phi) is 8.61. The van der Waals surface area contributed by atoms with Crippen LogP contribution >= 0.6 is 0 Å². The van der Waals surface area contributed by atoms with Crippen LogP contribution in [0.2, 0.25) is 0 Å². The summed E-state index contributed by atoms with van der Waals surface area (Å²) in [4.78, 5) is 12.8. The summed E-state index contributed by atoms with van der Waals surface area (Å²) in [5.74, 6) is -2.07. The van der Waals surface area contributed by atoms with Crippen molar-refractivity contribution in [3.8, 4) is 11.5 Å². The summed E-state index contributed by atoms with van der Waals surface area (Å²) in [6.45, 7) is 12.3. The van der Waals surface area contributed by atoms with Gasteiger partial charge >= 0.3 is 5.97 Å². The van der Waals surface area contributed by atoms with E-state index in [2.05, 4.69) is 0 Å². The average molecular weight is 543 g/mol. The number of aromatic hydroxyl groups is 2. The Balaban J connectivity index is 1.43. The van der Waals surface area contributed by atoms with Crippen molar-refractivity contribution in [1.29, 1.82) is 0 Å². The summed E-state index contributed by atoms with van der Waals surface area (Å²) >= 11 is 0. The van der Waals surface area contributed by atoms with E-state index in [0.717, 1.165) is 5.56 Å². The highest BCUT2D eigenvalue weighted by atomic mass is 16.7. The second-order valence-corrected chi connectivity index (χ2v) is 12.0. The van der Waals surface area contributed by atoms with Gasteiger partial charge in [-0.3, -0.25) is 0 Å². The van der Waals surface area contributed by atoms with Gasteiger partial charge < -0.3 is 34.3 Å². The van der Waals surface area contributed by atoms with Crippen LogP contribution in [-0.2, 0) is 32.0 Å². The van der Waals surface area contributed by atoms with Gasteiger partial charge in [-0.05, 0) is 43.9 Å². The molecule has 0 aliphatic carbocycles. The highest BCUT2D eigenvalue weighted by Gasteiger charge is 2.48. The first-order valence-electron chi connectivity index (χ1n) is 13.7. The zero-order valence-corrected chi connectivity index (χ0v) is 23.8. The van der Waals surface area contributed by atoms with Crippen LogP contribution in [0.4, 0.5) is 0 Å². The van der Waals surface area contributed by atoms with E-state index >= 15 is 0 Å². The van der Waals surface area contributed by atoms with Crippen molar-refractivity contribution in [2.75, 3.05) is 6.61 Å². The molecule has 1 fully saturated rings. The quantitative estimate of drug-likeness (QED) is 0.299. The van der Waals surface area contributed by atoms with E-state index in [1.165, 1.54) is 6.07 Å². The molecular weight excluding hydrogens is 500 g/mol. The van der Waals surface area contributed by atoms with Gasteiger partial charge in [-0.15, -0.1) is 0 Å². The van der Waals surface area contributed by atoms with E-state index in [-0.39, 0.29) is 35.2 Å². The molecule has 0 unspecified atom stereocenters. The van der Waals surface area contributed by atoms with Crippen molar-refractivity contribution in [2.45, 2.75) is 97.6 Å². The number of esters is 1. The second-order valence-electron chi connectivity index (χ2n) is 12.0. The lowest BCUT2D eigenvalue weighted by Gasteiger charge is -2.50. The normalized spacial score (nSPS) is 24.5. The number of ether oxygens (including phenoxy) is 4. The van der Waals surface area contributed by atoms with E-state index in [4.69, 9.17) is 18.9 Å². The summed E-state index contributed by atoms with van der Waals surface area (Å²) in [5.41, 5.74) is 1.75. The molecule has 0 saturated carbocycles. The number of phenolic OH excluding ortho intramolecular Hbond substituents is 2. The Bertz CT molecular complexity index is 1160. The molecule has 4 rings (SSSR count). The largest absolute Gasteiger partial charge is 0.508 e. The summed E-state index contributed by atoms with van der Waals surface area (Å²) in [6, 6.07) is 11.1. The van der Waals surface area contributed by atoms with Crippen LogP contribution in [0, 0.1) is 18.3 Å². The van der Waals surface area contributed by atoms with Gasteiger partial charge in [-0.2, -0.15) is 0 Å². The van der Waals surface area contributed by atoms with E-state index in [1.807, 2.05) is 65.0 Å². The fourth-order valence-corrected chi connectivity index (χ4v) is 5.63. The number of rotatable bonds is 9. The molecular formula is C31H42O8. The number of aliphatic hydroxyl groups is 1. The van der Waals surface area contributed by atoms with Crippen molar-refractivity contribution in [1.82, 2.24) is 0 Å². The first-order chi connectivity index (χ1) is 18.3. The Morgan fingerprint density at radius 1 is 1.10 bits per heavy atom. The number of cyclic esters (lactones) is 1. The van der Waals surface area contributed by atoms with Gasteiger partial charge in [-0.1, -0.05) is 51.1 Å². The standard InChI is InChI=1S/C31H42O8/c1-18-21-14-24(37-29(35)28(21)23(33)15-22(18)32)19(2)25-16-27(39-31(5,6)38-25)30(3,4)26(34)12-13-36-17-20-10-8-7-9-11-20/h7-11,15,19,24-27,32-34H,12-14,16-17H2,1-6H3/t19-,24+,25-,26+,27+/m0/s1. The van der Waals surface area contributed by atoms with E-state index in [1.54, 1.807) is 6.92 Å². The number of fused-ring (bicyclic) bond motifs is 1. The molecule has 8 nitrogen and oxygen atoms in total. The van der Waals surface area contributed by atoms with Crippen LogP contribution in [0.25, 0.3) is 0 Å². The molecule has 0 bridgehead atoms. The molecule has 0 radical (unpaired) electrons. The fraction of sp³-hybridized carbons (Fsp3) is 0.581. The molecule has 2 aliphatic rings. The molecule has 214 valence electrons. The number of benzene rings is 2. The second kappa shape index (κ2) is 11.5. The predicted molar refractivity (Wildman–Crippen MR) is 146 cm³/mol. The molecule has 0 amide bonds. The zero-order chi connectivity index (χ0) is 28.5. The highest BCUT2D eigenvalue weighted by molar-refractivity contribution is 5.96. The number of carbonyl (C=O) groups is 1. The van der Waals surface area contributed by atoms with Gasteiger partial charge in [-0.25, -0.2) is 4.79 Å². The number of carbonyl (C=O) groups excluding carboxylic acids is 1. The van der Waals surface area contributed by atoms with Gasteiger partial charge in [0.05, 0.1) is 24.9 Å². The molecule has 3 N–H and O–H groups in total. The predicted octanol–water partition coefficient (Wildman–Crippen LogP) is 5.03. The van der Waals surface area contributed by atoms with Gasteiger partial charge in [0, 0.05) is 36.8 Å². The Morgan fingerprint density at radius 3 is 2.49 bits per heavy atom. The first kappa shape index (κ1) is 29.3. The fourth-order valence-electron chi connectivity index (χ4n) is 5.63. The zero-order valence-electron chi connectivity index (χ0n) is 23.8. The minimum atomic E-state index is -0.911. The van der Waals surface area contributed by atoms with Gasteiger partial charge in [0.1, 0.15) is 23.2 Å². The van der Waals surface area contributed by atoms with E-state index < -0.39 is 29.4 Å². The van der Waals surface area contributed by atoms with Gasteiger partial charge in [0.2, 0.25) is 0 Å². The molecule has 1 saturated heterocycles. The van der Waals surface area contributed by atoms with Crippen molar-refractivity contribution in [3.63, 3.8) is 0 Å². The molecule has 2 heterocycles. The Morgan fingerprint density at radius 2 is 1.79 bits per heavy atom. The van der Waals surface area contributed by atoms with Crippen LogP contribution in [0.1, 0.15) is 74.5 Å². The van der Waals surface area contributed by atoms with Gasteiger partial charge in [0.25, 0.3) is 0 Å².